The van der Waals surface area contributed by atoms with Gasteiger partial charge in [-0.1, -0.05) is 11.6 Å². The molecule has 132 valence electrons. The van der Waals surface area contributed by atoms with Gasteiger partial charge in [-0.15, -0.1) is 0 Å². The molecule has 1 saturated heterocycles. The molecule has 1 aliphatic heterocycles. The molecule has 0 saturated carbocycles. The molecule has 1 N–H and O–H groups in total. The molecular weight excluding hydrogens is 343 g/mol. The third kappa shape index (κ3) is 4.63. The van der Waals surface area contributed by atoms with Gasteiger partial charge in [0.1, 0.15) is 11.6 Å². The van der Waals surface area contributed by atoms with E-state index in [0.717, 1.165) is 12.8 Å². The molecule has 2 aromatic rings. The van der Waals surface area contributed by atoms with Crippen molar-refractivity contribution in [1.29, 1.82) is 0 Å². The highest BCUT2D eigenvalue weighted by molar-refractivity contribution is 6.30. The van der Waals surface area contributed by atoms with E-state index in [2.05, 4.69) is 5.32 Å². The minimum absolute atomic E-state index is 0.0935. The number of nitrogens with one attached hydrogen (secondary N) is 1. The summed E-state index contributed by atoms with van der Waals surface area (Å²) in [6.45, 7) is 2.99. The SMILES string of the molecule is CC(=O)N1CCC(Nc2cc(F)ccc2Oc2ccc(Cl)cc2)CC1. The van der Waals surface area contributed by atoms with Crippen LogP contribution in [-0.4, -0.2) is 29.9 Å². The maximum absolute atomic E-state index is 13.7. The fourth-order valence-corrected chi connectivity index (χ4v) is 3.02. The zero-order valence-electron chi connectivity index (χ0n) is 14.0. The first-order valence-corrected chi connectivity index (χ1v) is 8.64. The highest BCUT2D eigenvalue weighted by Crippen LogP contribution is 2.32. The largest absolute Gasteiger partial charge is 0.455 e. The average Bonchev–Trinajstić information content (AvgIpc) is 2.59. The van der Waals surface area contributed by atoms with Crippen molar-refractivity contribution < 1.29 is 13.9 Å². The van der Waals surface area contributed by atoms with E-state index in [4.69, 9.17) is 16.3 Å². The number of halogens is 2. The topological polar surface area (TPSA) is 41.6 Å². The van der Waals surface area contributed by atoms with Crippen LogP contribution in [0.5, 0.6) is 11.5 Å². The molecule has 1 fully saturated rings. The van der Waals surface area contributed by atoms with Crippen LogP contribution >= 0.6 is 11.6 Å². The van der Waals surface area contributed by atoms with E-state index in [-0.39, 0.29) is 17.8 Å². The summed E-state index contributed by atoms with van der Waals surface area (Å²) in [7, 11) is 0. The second kappa shape index (κ2) is 7.74. The normalized spacial score (nSPS) is 15.1. The van der Waals surface area contributed by atoms with Crippen molar-refractivity contribution in [2.45, 2.75) is 25.8 Å². The molecule has 0 aliphatic carbocycles. The van der Waals surface area contributed by atoms with Crippen molar-refractivity contribution in [3.05, 3.63) is 53.3 Å². The van der Waals surface area contributed by atoms with E-state index >= 15 is 0 Å². The van der Waals surface area contributed by atoms with Gasteiger partial charge < -0.3 is 15.0 Å². The average molecular weight is 363 g/mol. The number of likely N-dealkylation sites (tertiary alicyclic amines) is 1. The molecule has 0 bridgehead atoms. The van der Waals surface area contributed by atoms with Crippen LogP contribution < -0.4 is 10.1 Å². The molecule has 3 rings (SSSR count). The summed E-state index contributed by atoms with van der Waals surface area (Å²) in [6, 6.07) is 11.6. The van der Waals surface area contributed by atoms with Gasteiger partial charge in [0.25, 0.3) is 0 Å². The molecule has 1 amide bonds. The van der Waals surface area contributed by atoms with Gasteiger partial charge in [0.15, 0.2) is 5.75 Å². The van der Waals surface area contributed by atoms with Crippen LogP contribution in [0, 0.1) is 5.82 Å². The standard InChI is InChI=1S/C19H20ClFN2O2/c1-13(24)23-10-8-16(9-11-23)22-18-12-15(21)4-7-19(18)25-17-5-2-14(20)3-6-17/h2-7,12,16,22H,8-11H2,1H3. The molecule has 1 heterocycles. The third-order valence-corrected chi connectivity index (χ3v) is 4.53. The zero-order chi connectivity index (χ0) is 17.8. The number of nitrogens with zero attached hydrogens (tertiary/aromatic N) is 1. The number of amides is 1. The Hall–Kier alpha value is -2.27. The molecule has 4 nitrogen and oxygen atoms in total. The first-order chi connectivity index (χ1) is 12.0. The second-order valence-electron chi connectivity index (χ2n) is 6.12. The van der Waals surface area contributed by atoms with Crippen molar-refractivity contribution >= 4 is 23.2 Å². The van der Waals surface area contributed by atoms with Gasteiger partial charge in [-0.25, -0.2) is 4.39 Å². The van der Waals surface area contributed by atoms with Gasteiger partial charge in [0.05, 0.1) is 5.69 Å². The number of hydrogen-bond acceptors (Lipinski definition) is 3. The maximum atomic E-state index is 13.7. The predicted octanol–water partition coefficient (Wildman–Crippen LogP) is 4.69. The van der Waals surface area contributed by atoms with Crippen LogP contribution in [-0.2, 0) is 4.79 Å². The summed E-state index contributed by atoms with van der Waals surface area (Å²) < 4.78 is 19.6. The van der Waals surface area contributed by atoms with E-state index in [1.165, 1.54) is 12.1 Å². The Morgan fingerprint density at radius 3 is 2.52 bits per heavy atom. The van der Waals surface area contributed by atoms with Gasteiger partial charge in [-0.2, -0.15) is 0 Å². The highest BCUT2D eigenvalue weighted by Gasteiger charge is 2.21. The summed E-state index contributed by atoms with van der Waals surface area (Å²) in [5.41, 5.74) is 0.608. The molecule has 0 aromatic heterocycles. The van der Waals surface area contributed by atoms with Crippen LogP contribution in [0.3, 0.4) is 0 Å². The lowest BCUT2D eigenvalue weighted by Crippen LogP contribution is -2.41. The number of benzene rings is 2. The van der Waals surface area contributed by atoms with E-state index < -0.39 is 0 Å². The van der Waals surface area contributed by atoms with Crippen molar-refractivity contribution in [3.63, 3.8) is 0 Å². The molecule has 0 atom stereocenters. The van der Waals surface area contributed by atoms with E-state index in [0.29, 0.717) is 35.3 Å². The minimum Gasteiger partial charge on any atom is -0.455 e. The van der Waals surface area contributed by atoms with Crippen LogP contribution in [0.4, 0.5) is 10.1 Å². The Morgan fingerprint density at radius 1 is 1.20 bits per heavy atom. The molecule has 0 spiro atoms. The first-order valence-electron chi connectivity index (χ1n) is 8.26. The Kier molecular flexibility index (Phi) is 5.43. The summed E-state index contributed by atoms with van der Waals surface area (Å²) >= 11 is 5.88. The molecule has 6 heteroatoms. The fraction of sp³-hybridized carbons (Fsp3) is 0.316. The van der Waals surface area contributed by atoms with Crippen molar-refractivity contribution in [3.8, 4) is 11.5 Å². The summed E-state index contributed by atoms with van der Waals surface area (Å²) in [5, 5.41) is 3.98. The number of anilines is 1. The summed E-state index contributed by atoms with van der Waals surface area (Å²) in [4.78, 5) is 13.2. The maximum Gasteiger partial charge on any atom is 0.219 e. The Labute approximate surface area is 151 Å². The van der Waals surface area contributed by atoms with Crippen LogP contribution in [0.1, 0.15) is 19.8 Å². The smallest absolute Gasteiger partial charge is 0.219 e. The lowest BCUT2D eigenvalue weighted by atomic mass is 10.0. The molecule has 25 heavy (non-hydrogen) atoms. The summed E-state index contributed by atoms with van der Waals surface area (Å²) in [5.74, 6) is 0.950. The molecule has 0 radical (unpaired) electrons. The Morgan fingerprint density at radius 2 is 1.88 bits per heavy atom. The Balaban J connectivity index is 1.71. The zero-order valence-corrected chi connectivity index (χ0v) is 14.7. The number of ether oxygens (including phenoxy) is 1. The fourth-order valence-electron chi connectivity index (χ4n) is 2.89. The van der Waals surface area contributed by atoms with Crippen LogP contribution in [0.15, 0.2) is 42.5 Å². The van der Waals surface area contributed by atoms with Gasteiger partial charge in [0, 0.05) is 37.1 Å². The quantitative estimate of drug-likeness (QED) is 0.857. The molecular formula is C19H20ClFN2O2. The van der Waals surface area contributed by atoms with Gasteiger partial charge >= 0.3 is 0 Å². The van der Waals surface area contributed by atoms with E-state index in [1.807, 2.05) is 4.90 Å². The molecule has 1 aliphatic rings. The third-order valence-electron chi connectivity index (χ3n) is 4.28. The van der Waals surface area contributed by atoms with Gasteiger partial charge in [-0.05, 0) is 49.2 Å². The summed E-state index contributed by atoms with van der Waals surface area (Å²) in [6.07, 6.45) is 1.63. The second-order valence-corrected chi connectivity index (χ2v) is 6.56. The number of carbonyl (C=O) groups excluding carboxylic acids is 1. The van der Waals surface area contributed by atoms with Gasteiger partial charge in [-0.3, -0.25) is 4.79 Å². The lowest BCUT2D eigenvalue weighted by molar-refractivity contribution is -0.129. The molecule has 2 aromatic carbocycles. The van der Waals surface area contributed by atoms with Crippen molar-refractivity contribution in [2.24, 2.45) is 0 Å². The Bertz CT molecular complexity index is 744. The van der Waals surface area contributed by atoms with Crippen LogP contribution in [0.2, 0.25) is 5.02 Å². The number of hydrogen-bond donors (Lipinski definition) is 1. The minimum atomic E-state index is -0.327. The van der Waals surface area contributed by atoms with Gasteiger partial charge in [0.2, 0.25) is 5.91 Å². The number of rotatable bonds is 4. The molecule has 0 unspecified atom stereocenters. The van der Waals surface area contributed by atoms with Crippen molar-refractivity contribution in [2.75, 3.05) is 18.4 Å². The highest BCUT2D eigenvalue weighted by atomic mass is 35.5. The predicted molar refractivity (Wildman–Crippen MR) is 96.8 cm³/mol. The first kappa shape index (κ1) is 17.5. The van der Waals surface area contributed by atoms with Crippen molar-refractivity contribution in [1.82, 2.24) is 4.90 Å². The number of carbonyl (C=O) groups is 1. The lowest BCUT2D eigenvalue weighted by Gasteiger charge is -2.32. The van der Waals surface area contributed by atoms with Crippen LogP contribution in [0.25, 0.3) is 0 Å². The van der Waals surface area contributed by atoms with E-state index in [1.54, 1.807) is 37.3 Å². The monoisotopic (exact) mass is 362 g/mol. The number of piperidine rings is 1. The van der Waals surface area contributed by atoms with E-state index in [9.17, 15) is 9.18 Å².